The van der Waals surface area contributed by atoms with E-state index in [-0.39, 0.29) is 17.7 Å². The average molecular weight is 488 g/mol. The molecule has 1 amide bonds. The van der Waals surface area contributed by atoms with Crippen molar-refractivity contribution in [1.82, 2.24) is 24.5 Å². The number of hydrogen-bond acceptors (Lipinski definition) is 4. The summed E-state index contributed by atoms with van der Waals surface area (Å²) in [7, 11) is 0. The number of imidazole rings is 1. The molecule has 7 nitrogen and oxygen atoms in total. The molecule has 13 heteroatoms. The summed E-state index contributed by atoms with van der Waals surface area (Å²) >= 11 is 0. The van der Waals surface area contributed by atoms with Crippen LogP contribution in [0.15, 0.2) is 30.6 Å². The van der Waals surface area contributed by atoms with Crippen molar-refractivity contribution in [3.8, 4) is 0 Å². The van der Waals surface area contributed by atoms with Crippen LogP contribution in [0.3, 0.4) is 0 Å². The number of fused-ring (bicyclic) bond motifs is 1. The van der Waals surface area contributed by atoms with Crippen molar-refractivity contribution in [2.24, 2.45) is 0 Å². The number of pyridine rings is 1. The summed E-state index contributed by atoms with van der Waals surface area (Å²) in [6.07, 6.45) is -2.18. The molecule has 0 aliphatic heterocycles. The monoisotopic (exact) mass is 488 g/mol. The van der Waals surface area contributed by atoms with Crippen LogP contribution < -0.4 is 10.6 Å². The van der Waals surface area contributed by atoms with Gasteiger partial charge < -0.3 is 10.6 Å². The van der Waals surface area contributed by atoms with E-state index in [4.69, 9.17) is 0 Å². The molecular formula is C21H22F6N6O. The van der Waals surface area contributed by atoms with Crippen LogP contribution in [-0.4, -0.2) is 43.6 Å². The first-order chi connectivity index (χ1) is 16.1. The number of carbonyl (C=O) groups is 1. The fourth-order valence-corrected chi connectivity index (χ4v) is 4.11. The normalized spacial score (nSPS) is 19.4. The van der Waals surface area contributed by atoms with Gasteiger partial charge in [-0.3, -0.25) is 13.9 Å². The highest BCUT2D eigenvalue weighted by Crippen LogP contribution is 2.30. The summed E-state index contributed by atoms with van der Waals surface area (Å²) in [5.74, 6) is -1.36. The second-order valence-electron chi connectivity index (χ2n) is 8.23. The zero-order valence-corrected chi connectivity index (χ0v) is 17.8. The quantitative estimate of drug-likeness (QED) is 0.396. The minimum absolute atomic E-state index is 0.0604. The average Bonchev–Trinajstić information content (AvgIpc) is 3.28. The van der Waals surface area contributed by atoms with E-state index in [9.17, 15) is 31.1 Å². The lowest BCUT2D eigenvalue weighted by atomic mass is 10.1. The molecule has 1 saturated carbocycles. The van der Waals surface area contributed by atoms with Gasteiger partial charge in [0.25, 0.3) is 12.3 Å². The minimum atomic E-state index is -4.55. The Morgan fingerprint density at radius 1 is 1.12 bits per heavy atom. The lowest BCUT2D eigenvalue weighted by molar-refractivity contribution is -0.140. The number of aromatic nitrogens is 4. The molecule has 0 unspecified atom stereocenters. The van der Waals surface area contributed by atoms with E-state index >= 15 is 0 Å². The highest BCUT2D eigenvalue weighted by atomic mass is 19.4. The van der Waals surface area contributed by atoms with Gasteiger partial charge in [-0.1, -0.05) is 6.07 Å². The van der Waals surface area contributed by atoms with Gasteiger partial charge in [-0.15, -0.1) is 5.10 Å². The van der Waals surface area contributed by atoms with Gasteiger partial charge in [0.1, 0.15) is 23.6 Å². The lowest BCUT2D eigenvalue weighted by Gasteiger charge is -2.19. The van der Waals surface area contributed by atoms with Gasteiger partial charge in [0.2, 0.25) is 5.95 Å². The molecule has 0 saturated heterocycles. The molecule has 34 heavy (non-hydrogen) atoms. The summed E-state index contributed by atoms with van der Waals surface area (Å²) in [4.78, 5) is 16.1. The van der Waals surface area contributed by atoms with Crippen LogP contribution >= 0.6 is 0 Å². The van der Waals surface area contributed by atoms with E-state index in [2.05, 4.69) is 20.7 Å². The lowest BCUT2D eigenvalue weighted by Crippen LogP contribution is -2.35. The molecule has 1 aliphatic carbocycles. The van der Waals surface area contributed by atoms with E-state index in [0.29, 0.717) is 42.6 Å². The summed E-state index contributed by atoms with van der Waals surface area (Å²) < 4.78 is 80.0. The SMILES string of the molecule is O=C(N[C@@H]1CCC[C@H](Nc2cccc3nc(C(F)(F)F)cn23)CC1)c1cn(CC(F)F)nc1F. The molecule has 184 valence electrons. The first-order valence-electron chi connectivity index (χ1n) is 10.7. The van der Waals surface area contributed by atoms with Crippen LogP contribution in [0.25, 0.3) is 5.65 Å². The molecule has 0 bridgehead atoms. The maximum atomic E-state index is 13.9. The van der Waals surface area contributed by atoms with Crippen molar-refractivity contribution in [3.63, 3.8) is 0 Å². The minimum Gasteiger partial charge on any atom is -0.368 e. The molecule has 2 atom stereocenters. The molecule has 0 aromatic carbocycles. The van der Waals surface area contributed by atoms with Gasteiger partial charge >= 0.3 is 6.18 Å². The second-order valence-corrected chi connectivity index (χ2v) is 8.23. The van der Waals surface area contributed by atoms with Crippen LogP contribution in [0.2, 0.25) is 0 Å². The number of hydrogen-bond donors (Lipinski definition) is 2. The van der Waals surface area contributed by atoms with Crippen molar-refractivity contribution in [2.75, 3.05) is 5.32 Å². The molecule has 2 N–H and O–H groups in total. The predicted octanol–water partition coefficient (Wildman–Crippen LogP) is 4.50. The molecule has 3 heterocycles. The number of anilines is 1. The maximum absolute atomic E-state index is 13.9. The fraction of sp³-hybridized carbons (Fsp3) is 0.476. The maximum Gasteiger partial charge on any atom is 0.434 e. The number of halogens is 6. The van der Waals surface area contributed by atoms with Crippen LogP contribution in [0.4, 0.5) is 32.2 Å². The van der Waals surface area contributed by atoms with E-state index < -0.39 is 42.3 Å². The van der Waals surface area contributed by atoms with Gasteiger partial charge in [0.15, 0.2) is 5.69 Å². The van der Waals surface area contributed by atoms with Crippen molar-refractivity contribution in [2.45, 2.75) is 63.3 Å². The van der Waals surface area contributed by atoms with Gasteiger partial charge in [-0.25, -0.2) is 13.8 Å². The Bertz CT molecular complexity index is 1160. The molecule has 3 aromatic heterocycles. The van der Waals surface area contributed by atoms with E-state index in [1.54, 1.807) is 12.1 Å². The zero-order chi connectivity index (χ0) is 24.5. The van der Waals surface area contributed by atoms with Gasteiger partial charge in [0, 0.05) is 24.5 Å². The first kappa shape index (κ1) is 23.9. The van der Waals surface area contributed by atoms with Crippen molar-refractivity contribution >= 4 is 17.4 Å². The van der Waals surface area contributed by atoms with Crippen molar-refractivity contribution in [3.05, 3.63) is 47.8 Å². The Kier molecular flexibility index (Phi) is 6.71. The number of alkyl halides is 5. The summed E-state index contributed by atoms with van der Waals surface area (Å²) in [6.45, 7) is -0.810. The van der Waals surface area contributed by atoms with Gasteiger partial charge in [-0.2, -0.15) is 17.6 Å². The van der Waals surface area contributed by atoms with Crippen LogP contribution in [-0.2, 0) is 12.7 Å². The largest absolute Gasteiger partial charge is 0.434 e. The van der Waals surface area contributed by atoms with Crippen molar-refractivity contribution in [1.29, 1.82) is 0 Å². The number of carbonyl (C=O) groups excluding carboxylic acids is 1. The summed E-state index contributed by atoms with van der Waals surface area (Å²) in [6, 6.07) is 4.45. The highest BCUT2D eigenvalue weighted by Gasteiger charge is 2.34. The number of amides is 1. The predicted molar refractivity (Wildman–Crippen MR) is 110 cm³/mol. The molecule has 0 radical (unpaired) electrons. The Hall–Kier alpha value is -3.25. The molecule has 1 fully saturated rings. The third kappa shape index (κ3) is 5.45. The highest BCUT2D eigenvalue weighted by molar-refractivity contribution is 5.94. The molecule has 4 rings (SSSR count). The third-order valence-corrected chi connectivity index (χ3v) is 5.72. The Balaban J connectivity index is 1.38. The van der Waals surface area contributed by atoms with Crippen molar-refractivity contribution < 1.29 is 31.1 Å². The number of nitrogens with zero attached hydrogens (tertiary/aromatic N) is 4. The summed E-state index contributed by atoms with van der Waals surface area (Å²) in [5, 5.41) is 9.30. The van der Waals surface area contributed by atoms with Crippen LogP contribution in [0, 0.1) is 5.95 Å². The van der Waals surface area contributed by atoms with Gasteiger partial charge in [0.05, 0.1) is 0 Å². The number of rotatable bonds is 6. The Labute approximate surface area is 190 Å². The fourth-order valence-electron chi connectivity index (χ4n) is 4.11. The molecule has 3 aromatic rings. The van der Waals surface area contributed by atoms with Crippen LogP contribution in [0.5, 0.6) is 0 Å². The Morgan fingerprint density at radius 3 is 2.59 bits per heavy atom. The van der Waals surface area contributed by atoms with E-state index in [1.165, 1.54) is 10.5 Å². The van der Waals surface area contributed by atoms with Crippen LogP contribution in [0.1, 0.15) is 48.2 Å². The zero-order valence-electron chi connectivity index (χ0n) is 17.8. The van der Waals surface area contributed by atoms with E-state index in [0.717, 1.165) is 12.4 Å². The number of nitrogens with one attached hydrogen (secondary N) is 2. The first-order valence-corrected chi connectivity index (χ1v) is 10.7. The van der Waals surface area contributed by atoms with Gasteiger partial charge in [-0.05, 0) is 44.2 Å². The van der Waals surface area contributed by atoms with E-state index in [1.807, 2.05) is 0 Å². The smallest absolute Gasteiger partial charge is 0.368 e. The molecule has 0 spiro atoms. The second kappa shape index (κ2) is 9.55. The third-order valence-electron chi connectivity index (χ3n) is 5.72. The molecular weight excluding hydrogens is 466 g/mol. The Morgan fingerprint density at radius 2 is 1.85 bits per heavy atom. The standard InChI is InChI=1S/C21H22F6N6O/c22-16(23)11-32-9-14(19(24)31-32)20(34)29-13-4-1-3-12(7-8-13)28-17-5-2-6-18-30-15(10-33(17)18)21(25,26)27/h2,5-6,9-10,12-13,16,28H,1,3-4,7-8,11H2,(H,29,34)/t12-,13+/m0/s1. The summed E-state index contributed by atoms with van der Waals surface area (Å²) in [5.41, 5.74) is -1.20. The topological polar surface area (TPSA) is 76.2 Å². The molecule has 1 aliphatic rings.